The summed E-state index contributed by atoms with van der Waals surface area (Å²) in [6.07, 6.45) is -4.75. The van der Waals surface area contributed by atoms with Gasteiger partial charge in [-0.15, -0.1) is 0 Å². The Hall–Kier alpha value is -2.96. The number of hydrogen-bond acceptors (Lipinski definition) is 6. The number of nitrogens with one attached hydrogen (secondary N) is 2. The van der Waals surface area contributed by atoms with Gasteiger partial charge in [-0.05, 0) is 47.7 Å². The van der Waals surface area contributed by atoms with E-state index in [-0.39, 0.29) is 14.3 Å². The van der Waals surface area contributed by atoms with E-state index in [0.29, 0.717) is 22.6 Å². The molecule has 1 atom stereocenters. The summed E-state index contributed by atoms with van der Waals surface area (Å²) in [7, 11) is 0. The zero-order valence-electron chi connectivity index (χ0n) is 17.9. The Morgan fingerprint density at radius 2 is 1.89 bits per heavy atom. The highest BCUT2D eigenvalue weighted by atomic mass is 127. The van der Waals surface area contributed by atoms with E-state index < -0.39 is 35.4 Å². The minimum absolute atomic E-state index is 0.151. The van der Waals surface area contributed by atoms with Crippen LogP contribution < -0.4 is 15.4 Å². The fraction of sp³-hybridized carbons (Fsp3) is 0.190. The Kier molecular flexibility index (Phi) is 8.75. The maximum Gasteiger partial charge on any atom is 0.461 e. The Labute approximate surface area is 225 Å². The molecule has 0 fully saturated rings. The van der Waals surface area contributed by atoms with Gasteiger partial charge in [-0.25, -0.2) is 4.79 Å². The van der Waals surface area contributed by atoms with Crippen LogP contribution in [0.1, 0.15) is 24.2 Å². The third-order valence-electron chi connectivity index (χ3n) is 4.48. The van der Waals surface area contributed by atoms with Crippen molar-refractivity contribution in [3.05, 3.63) is 61.7 Å². The van der Waals surface area contributed by atoms with Crippen molar-refractivity contribution in [3.8, 4) is 23.2 Å². The summed E-state index contributed by atoms with van der Waals surface area (Å²) in [5.74, 6) is -0.779. The SMILES string of the molecule is C[C@H](NC(=O)Nc1c(Cl)cc(Cl)c(OC(F)(F)C(F)F)c1I)c1nccnc1-c1ccc(C#N)cn1. The summed E-state index contributed by atoms with van der Waals surface area (Å²) < 4.78 is 56.0. The van der Waals surface area contributed by atoms with E-state index in [4.69, 9.17) is 28.5 Å². The first-order valence-corrected chi connectivity index (χ1v) is 11.6. The van der Waals surface area contributed by atoms with Crippen molar-refractivity contribution >= 4 is 57.5 Å². The second-order valence-corrected chi connectivity index (χ2v) is 8.87. The van der Waals surface area contributed by atoms with Crippen molar-refractivity contribution < 1.29 is 27.1 Å². The number of carbonyl (C=O) groups excluding carboxylic acids is 1. The number of aromatic nitrogens is 3. The highest BCUT2D eigenvalue weighted by molar-refractivity contribution is 14.1. The van der Waals surface area contributed by atoms with Crippen LogP contribution in [0, 0.1) is 14.9 Å². The highest BCUT2D eigenvalue weighted by Gasteiger charge is 2.45. The van der Waals surface area contributed by atoms with E-state index in [2.05, 4.69) is 30.3 Å². The molecule has 2 heterocycles. The number of pyridine rings is 1. The molecule has 0 aliphatic rings. The van der Waals surface area contributed by atoms with E-state index in [1.807, 2.05) is 6.07 Å². The molecular formula is C21H13Cl2F4IN6O2. The van der Waals surface area contributed by atoms with Gasteiger partial charge in [0.15, 0.2) is 5.75 Å². The molecule has 188 valence electrons. The number of amides is 2. The van der Waals surface area contributed by atoms with Crippen molar-refractivity contribution in [1.82, 2.24) is 20.3 Å². The lowest BCUT2D eigenvalue weighted by Crippen LogP contribution is -2.34. The third kappa shape index (κ3) is 6.23. The van der Waals surface area contributed by atoms with Gasteiger partial charge in [0, 0.05) is 18.6 Å². The number of rotatable bonds is 7. The molecule has 0 unspecified atom stereocenters. The number of ether oxygens (including phenoxy) is 1. The van der Waals surface area contributed by atoms with Crippen LogP contribution in [-0.2, 0) is 0 Å². The average molecular weight is 655 g/mol. The van der Waals surface area contributed by atoms with Gasteiger partial charge in [0.25, 0.3) is 0 Å². The van der Waals surface area contributed by atoms with Crippen molar-refractivity contribution in [2.24, 2.45) is 0 Å². The largest absolute Gasteiger partial charge is 0.461 e. The number of anilines is 1. The lowest BCUT2D eigenvalue weighted by Gasteiger charge is -2.21. The van der Waals surface area contributed by atoms with Crippen molar-refractivity contribution in [3.63, 3.8) is 0 Å². The standard InChI is InChI=1S/C21H13Cl2F4IN6O2/c1-9(15-17(31-5-4-30-15)13-3-2-10(7-29)8-32-13)33-20(35)34-16-11(22)6-12(23)18(14(16)28)36-21(26,27)19(24)25/h2-6,8-9,19H,1H3,(H2,33,34,35)/t9-/m0/s1. The molecule has 36 heavy (non-hydrogen) atoms. The predicted octanol–water partition coefficient (Wildman–Crippen LogP) is 6.44. The molecule has 0 bridgehead atoms. The molecule has 2 amide bonds. The number of halogens is 7. The third-order valence-corrected chi connectivity index (χ3v) is 6.09. The molecule has 8 nitrogen and oxygen atoms in total. The first kappa shape index (κ1) is 27.6. The Morgan fingerprint density at radius 1 is 1.19 bits per heavy atom. The van der Waals surface area contributed by atoms with E-state index in [0.717, 1.165) is 6.07 Å². The minimum Gasteiger partial charge on any atom is -0.425 e. The first-order valence-electron chi connectivity index (χ1n) is 9.72. The summed E-state index contributed by atoms with van der Waals surface area (Å²) in [5, 5.41) is 13.3. The molecule has 2 N–H and O–H groups in total. The highest BCUT2D eigenvalue weighted by Crippen LogP contribution is 2.43. The molecule has 3 aromatic rings. The van der Waals surface area contributed by atoms with Crippen LogP contribution in [-0.4, -0.2) is 33.5 Å². The lowest BCUT2D eigenvalue weighted by molar-refractivity contribution is -0.253. The van der Waals surface area contributed by atoms with Crippen molar-refractivity contribution in [2.45, 2.75) is 25.5 Å². The van der Waals surface area contributed by atoms with Gasteiger partial charge in [0.2, 0.25) is 0 Å². The molecule has 0 aliphatic carbocycles. The van der Waals surface area contributed by atoms with Gasteiger partial charge in [-0.3, -0.25) is 15.0 Å². The fourth-order valence-electron chi connectivity index (χ4n) is 2.84. The van der Waals surface area contributed by atoms with Crippen LogP contribution in [0.5, 0.6) is 5.75 Å². The second-order valence-electron chi connectivity index (χ2n) is 6.98. The summed E-state index contributed by atoms with van der Waals surface area (Å²) in [5.41, 5.74) is 1.24. The van der Waals surface area contributed by atoms with E-state index in [1.165, 1.54) is 41.2 Å². The van der Waals surface area contributed by atoms with E-state index in [9.17, 15) is 22.4 Å². The summed E-state index contributed by atoms with van der Waals surface area (Å²) in [4.78, 5) is 25.4. The maximum absolute atomic E-state index is 13.5. The summed E-state index contributed by atoms with van der Waals surface area (Å²) >= 11 is 13.4. The monoisotopic (exact) mass is 654 g/mol. The molecule has 2 aromatic heterocycles. The topological polar surface area (TPSA) is 113 Å². The first-order chi connectivity index (χ1) is 16.9. The van der Waals surface area contributed by atoms with Crippen LogP contribution >= 0.6 is 45.8 Å². The number of benzene rings is 1. The zero-order valence-corrected chi connectivity index (χ0v) is 21.5. The summed E-state index contributed by atoms with van der Waals surface area (Å²) in [6.45, 7) is 1.60. The summed E-state index contributed by atoms with van der Waals surface area (Å²) in [6, 6.07) is 4.48. The van der Waals surface area contributed by atoms with Crippen LogP contribution in [0.2, 0.25) is 10.0 Å². The molecule has 3 rings (SSSR count). The average Bonchev–Trinajstić information content (AvgIpc) is 2.84. The number of nitriles is 1. The molecular weight excluding hydrogens is 642 g/mol. The fourth-order valence-corrected chi connectivity index (χ4v) is 4.53. The number of urea groups is 1. The molecule has 1 aromatic carbocycles. The number of nitrogens with zero attached hydrogens (tertiary/aromatic N) is 4. The van der Waals surface area contributed by atoms with Gasteiger partial charge < -0.3 is 15.4 Å². The van der Waals surface area contributed by atoms with Crippen molar-refractivity contribution in [1.29, 1.82) is 5.26 Å². The number of alkyl halides is 4. The normalized spacial score (nSPS) is 12.1. The molecule has 0 saturated heterocycles. The number of hydrogen-bond donors (Lipinski definition) is 2. The predicted molar refractivity (Wildman–Crippen MR) is 131 cm³/mol. The molecule has 0 saturated carbocycles. The van der Waals surface area contributed by atoms with Gasteiger partial charge in [-0.1, -0.05) is 23.2 Å². The Bertz CT molecular complexity index is 1320. The van der Waals surface area contributed by atoms with E-state index in [1.54, 1.807) is 19.1 Å². The minimum atomic E-state index is -4.83. The van der Waals surface area contributed by atoms with Crippen LogP contribution in [0.4, 0.5) is 28.0 Å². The van der Waals surface area contributed by atoms with Gasteiger partial charge in [-0.2, -0.15) is 22.8 Å². The number of carbonyl (C=O) groups is 1. The molecule has 0 radical (unpaired) electrons. The van der Waals surface area contributed by atoms with Crippen LogP contribution in [0.25, 0.3) is 11.4 Å². The lowest BCUT2D eigenvalue weighted by atomic mass is 10.1. The van der Waals surface area contributed by atoms with Gasteiger partial charge in [0.05, 0.1) is 42.3 Å². The maximum atomic E-state index is 13.5. The Morgan fingerprint density at radius 3 is 2.50 bits per heavy atom. The second kappa shape index (κ2) is 11.4. The molecule has 0 spiro atoms. The van der Waals surface area contributed by atoms with Crippen molar-refractivity contribution in [2.75, 3.05) is 5.32 Å². The smallest absolute Gasteiger partial charge is 0.425 e. The quantitative estimate of drug-likeness (QED) is 0.224. The Balaban J connectivity index is 1.83. The van der Waals surface area contributed by atoms with Crippen LogP contribution in [0.15, 0.2) is 36.8 Å². The molecule has 15 heteroatoms. The molecule has 0 aliphatic heterocycles. The van der Waals surface area contributed by atoms with E-state index >= 15 is 0 Å². The van der Waals surface area contributed by atoms with Gasteiger partial charge in [0.1, 0.15) is 11.8 Å². The van der Waals surface area contributed by atoms with Crippen LogP contribution in [0.3, 0.4) is 0 Å². The zero-order chi connectivity index (χ0) is 26.6. The van der Waals surface area contributed by atoms with Gasteiger partial charge >= 0.3 is 18.6 Å².